The van der Waals surface area contributed by atoms with Crippen LogP contribution in [0.4, 0.5) is 5.69 Å². The van der Waals surface area contributed by atoms with E-state index in [2.05, 4.69) is 31.5 Å². The van der Waals surface area contributed by atoms with Gasteiger partial charge in [0.25, 0.3) is 5.91 Å². The second-order valence-electron chi connectivity index (χ2n) is 6.73. The molecular weight excluding hydrogens is 432 g/mol. The van der Waals surface area contributed by atoms with E-state index in [0.29, 0.717) is 18.0 Å². The third-order valence-corrected chi connectivity index (χ3v) is 5.20. The predicted molar refractivity (Wildman–Crippen MR) is 115 cm³/mol. The third kappa shape index (κ3) is 4.14. The molecule has 0 bridgehead atoms. The largest absolute Gasteiger partial charge is 0.355 e. The number of carbonyl (C=O) groups excluding carboxylic acids is 1. The van der Waals surface area contributed by atoms with Crippen molar-refractivity contribution in [1.29, 1.82) is 0 Å². The van der Waals surface area contributed by atoms with Crippen LogP contribution in [0, 0.1) is 13.8 Å². The number of nitrogens with zero attached hydrogens (tertiary/aromatic N) is 3. The van der Waals surface area contributed by atoms with Gasteiger partial charge in [-0.2, -0.15) is 5.10 Å². The predicted octanol–water partition coefficient (Wildman–Crippen LogP) is 5.22. The highest BCUT2D eigenvalue weighted by molar-refractivity contribution is 9.10. The summed E-state index contributed by atoms with van der Waals surface area (Å²) in [4.78, 5) is 12.7. The Labute approximate surface area is 176 Å². The van der Waals surface area contributed by atoms with Crippen LogP contribution in [0.5, 0.6) is 0 Å². The summed E-state index contributed by atoms with van der Waals surface area (Å²) in [5, 5.41) is 11.4. The van der Waals surface area contributed by atoms with Gasteiger partial charge in [0, 0.05) is 16.1 Å². The molecule has 0 radical (unpaired) electrons. The van der Waals surface area contributed by atoms with Gasteiger partial charge in [0.15, 0.2) is 11.5 Å². The zero-order valence-corrected chi connectivity index (χ0v) is 17.6. The second-order valence-corrected chi connectivity index (χ2v) is 7.64. The maximum atomic E-state index is 12.7. The highest BCUT2D eigenvalue weighted by atomic mass is 79.9. The van der Waals surface area contributed by atoms with Crippen LogP contribution in [-0.2, 0) is 6.54 Å². The molecule has 0 spiro atoms. The van der Waals surface area contributed by atoms with E-state index in [0.717, 1.165) is 27.0 Å². The lowest BCUT2D eigenvalue weighted by Gasteiger charge is -2.06. The van der Waals surface area contributed by atoms with Crippen LogP contribution < -0.4 is 5.32 Å². The molecule has 0 fully saturated rings. The maximum absolute atomic E-state index is 12.7. The van der Waals surface area contributed by atoms with Crippen molar-refractivity contribution < 1.29 is 9.32 Å². The SMILES string of the molecule is Cc1nn(Cc2ccccc2)c(C)c1NC(=O)c1cc(-c2ccc(Br)cc2)on1. The molecule has 0 unspecified atom stereocenters. The molecule has 2 heterocycles. The molecule has 146 valence electrons. The Hall–Kier alpha value is -3.19. The fourth-order valence-electron chi connectivity index (χ4n) is 3.10. The van der Waals surface area contributed by atoms with E-state index in [4.69, 9.17) is 4.52 Å². The Morgan fingerprint density at radius 1 is 1.10 bits per heavy atom. The van der Waals surface area contributed by atoms with Crippen LogP contribution >= 0.6 is 15.9 Å². The fourth-order valence-corrected chi connectivity index (χ4v) is 3.36. The van der Waals surface area contributed by atoms with Crippen molar-refractivity contribution in [2.45, 2.75) is 20.4 Å². The van der Waals surface area contributed by atoms with Gasteiger partial charge in [0.2, 0.25) is 0 Å². The van der Waals surface area contributed by atoms with Crippen LogP contribution in [0.1, 0.15) is 27.4 Å². The topological polar surface area (TPSA) is 73.0 Å². The molecule has 0 atom stereocenters. The van der Waals surface area contributed by atoms with Gasteiger partial charge in [-0.3, -0.25) is 9.48 Å². The summed E-state index contributed by atoms with van der Waals surface area (Å²) in [7, 11) is 0. The van der Waals surface area contributed by atoms with Gasteiger partial charge in [-0.1, -0.05) is 63.6 Å². The first-order valence-electron chi connectivity index (χ1n) is 9.13. The number of benzene rings is 2. The molecule has 29 heavy (non-hydrogen) atoms. The lowest BCUT2D eigenvalue weighted by molar-refractivity contribution is 0.101. The van der Waals surface area contributed by atoms with Gasteiger partial charge in [0.1, 0.15) is 0 Å². The lowest BCUT2D eigenvalue weighted by atomic mass is 10.1. The Bertz CT molecular complexity index is 1150. The Morgan fingerprint density at radius 3 is 2.55 bits per heavy atom. The van der Waals surface area contributed by atoms with Crippen LogP contribution in [0.25, 0.3) is 11.3 Å². The van der Waals surface area contributed by atoms with Crippen molar-refractivity contribution in [3.05, 3.63) is 87.8 Å². The van der Waals surface area contributed by atoms with Crippen molar-refractivity contribution in [1.82, 2.24) is 14.9 Å². The average molecular weight is 451 g/mol. The quantitative estimate of drug-likeness (QED) is 0.452. The number of hydrogen-bond acceptors (Lipinski definition) is 4. The highest BCUT2D eigenvalue weighted by Gasteiger charge is 2.18. The van der Waals surface area contributed by atoms with Crippen molar-refractivity contribution in [3.63, 3.8) is 0 Å². The van der Waals surface area contributed by atoms with E-state index in [9.17, 15) is 4.79 Å². The number of aryl methyl sites for hydroxylation is 1. The second kappa shape index (κ2) is 8.05. The van der Waals surface area contributed by atoms with E-state index in [1.807, 2.05) is 73.1 Å². The van der Waals surface area contributed by atoms with E-state index in [1.165, 1.54) is 0 Å². The minimum Gasteiger partial charge on any atom is -0.355 e. The molecule has 2 aromatic carbocycles. The summed E-state index contributed by atoms with van der Waals surface area (Å²) < 4.78 is 8.20. The molecule has 1 N–H and O–H groups in total. The Balaban J connectivity index is 1.52. The van der Waals surface area contributed by atoms with Gasteiger partial charge in [-0.15, -0.1) is 0 Å². The van der Waals surface area contributed by atoms with Gasteiger partial charge in [0.05, 0.1) is 23.6 Å². The van der Waals surface area contributed by atoms with Crippen molar-refractivity contribution in [3.8, 4) is 11.3 Å². The lowest BCUT2D eigenvalue weighted by Crippen LogP contribution is -2.13. The van der Waals surface area contributed by atoms with E-state index in [1.54, 1.807) is 6.07 Å². The van der Waals surface area contributed by atoms with Gasteiger partial charge >= 0.3 is 0 Å². The summed E-state index contributed by atoms with van der Waals surface area (Å²) in [5.74, 6) is 0.207. The summed E-state index contributed by atoms with van der Waals surface area (Å²) in [6.45, 7) is 4.45. The first-order chi connectivity index (χ1) is 14.0. The van der Waals surface area contributed by atoms with Crippen molar-refractivity contribution in [2.75, 3.05) is 5.32 Å². The molecular formula is C22H19BrN4O2. The molecule has 0 saturated carbocycles. The minimum absolute atomic E-state index is 0.220. The number of nitrogens with one attached hydrogen (secondary N) is 1. The van der Waals surface area contributed by atoms with Gasteiger partial charge in [-0.05, 0) is 31.5 Å². The van der Waals surface area contributed by atoms with Gasteiger partial charge in [-0.25, -0.2) is 0 Å². The molecule has 2 aromatic heterocycles. The molecule has 0 aliphatic heterocycles. The Morgan fingerprint density at radius 2 is 1.83 bits per heavy atom. The number of amides is 1. The molecule has 1 amide bonds. The summed E-state index contributed by atoms with van der Waals surface area (Å²) in [5.41, 5.74) is 4.55. The standard InChI is InChI=1S/C22H19BrN4O2/c1-14-21(15(2)27(25-14)13-16-6-4-3-5-7-16)24-22(28)19-12-20(29-26-19)17-8-10-18(23)11-9-17/h3-12H,13H2,1-2H3,(H,24,28). The normalized spacial score (nSPS) is 10.9. The van der Waals surface area contributed by atoms with Crippen LogP contribution in [0.15, 0.2) is 69.7 Å². The fraction of sp³-hybridized carbons (Fsp3) is 0.136. The zero-order chi connectivity index (χ0) is 20.4. The number of halogens is 1. The number of rotatable bonds is 5. The van der Waals surface area contributed by atoms with E-state index in [-0.39, 0.29) is 11.6 Å². The van der Waals surface area contributed by atoms with Crippen LogP contribution in [-0.4, -0.2) is 20.8 Å². The first kappa shape index (κ1) is 19.1. The highest BCUT2D eigenvalue weighted by Crippen LogP contribution is 2.24. The van der Waals surface area contributed by atoms with E-state index >= 15 is 0 Å². The Kier molecular flexibility index (Phi) is 5.31. The number of carbonyl (C=O) groups is 1. The average Bonchev–Trinajstić information content (AvgIpc) is 3.31. The summed E-state index contributed by atoms with van der Waals surface area (Å²) in [6.07, 6.45) is 0. The number of hydrogen-bond donors (Lipinski definition) is 1. The van der Waals surface area contributed by atoms with Crippen molar-refractivity contribution >= 4 is 27.5 Å². The maximum Gasteiger partial charge on any atom is 0.277 e. The van der Waals surface area contributed by atoms with Crippen LogP contribution in [0.3, 0.4) is 0 Å². The molecule has 0 saturated heterocycles. The van der Waals surface area contributed by atoms with Crippen LogP contribution in [0.2, 0.25) is 0 Å². The number of anilines is 1. The number of aromatic nitrogens is 3. The smallest absolute Gasteiger partial charge is 0.277 e. The van der Waals surface area contributed by atoms with Gasteiger partial charge < -0.3 is 9.84 Å². The minimum atomic E-state index is -0.331. The zero-order valence-electron chi connectivity index (χ0n) is 16.0. The molecule has 4 rings (SSSR count). The third-order valence-electron chi connectivity index (χ3n) is 4.67. The molecule has 7 heteroatoms. The van der Waals surface area contributed by atoms with Crippen molar-refractivity contribution in [2.24, 2.45) is 0 Å². The summed E-state index contributed by atoms with van der Waals surface area (Å²) in [6, 6.07) is 19.3. The first-order valence-corrected chi connectivity index (χ1v) is 9.92. The molecule has 4 aromatic rings. The molecule has 0 aliphatic rings. The van der Waals surface area contributed by atoms with E-state index < -0.39 is 0 Å². The monoisotopic (exact) mass is 450 g/mol. The molecule has 6 nitrogen and oxygen atoms in total. The summed E-state index contributed by atoms with van der Waals surface area (Å²) >= 11 is 3.40. The molecule has 0 aliphatic carbocycles.